The molecule has 0 aliphatic heterocycles. The Hall–Kier alpha value is -1.77. The quantitative estimate of drug-likeness (QED) is 0.241. The van der Waals surface area contributed by atoms with E-state index in [1.165, 1.54) is 0 Å². The summed E-state index contributed by atoms with van der Waals surface area (Å²) in [5.74, 6) is 0.130. The van der Waals surface area contributed by atoms with Gasteiger partial charge in [-0.3, -0.25) is 0 Å². The standard InChI is InChI=1S/C10H12N2O/c1-2-3-8-4-6-9(7-5-8)10(11)12-13/h2,4-7,13H,1,3H2,(H2,11,12). The average molecular weight is 176 g/mol. The maximum Gasteiger partial charge on any atom is 0.170 e. The highest BCUT2D eigenvalue weighted by Gasteiger charge is 1.97. The van der Waals surface area contributed by atoms with Crippen molar-refractivity contribution in [2.45, 2.75) is 6.42 Å². The second-order valence-corrected chi connectivity index (χ2v) is 2.67. The van der Waals surface area contributed by atoms with Crippen LogP contribution < -0.4 is 5.73 Å². The Balaban J connectivity index is 2.87. The van der Waals surface area contributed by atoms with Gasteiger partial charge in [-0.05, 0) is 12.0 Å². The molecule has 0 saturated heterocycles. The molecule has 68 valence electrons. The lowest BCUT2D eigenvalue weighted by Gasteiger charge is -1.99. The number of hydrogen-bond acceptors (Lipinski definition) is 2. The molecule has 3 nitrogen and oxygen atoms in total. The number of nitrogens with two attached hydrogens (primary N) is 1. The van der Waals surface area contributed by atoms with Gasteiger partial charge in [-0.2, -0.15) is 0 Å². The summed E-state index contributed by atoms with van der Waals surface area (Å²) >= 11 is 0. The molecule has 0 saturated carbocycles. The molecule has 13 heavy (non-hydrogen) atoms. The molecule has 0 aliphatic rings. The normalized spacial score (nSPS) is 11.2. The van der Waals surface area contributed by atoms with Crippen molar-refractivity contribution in [1.82, 2.24) is 0 Å². The monoisotopic (exact) mass is 176 g/mol. The Morgan fingerprint density at radius 2 is 2.08 bits per heavy atom. The van der Waals surface area contributed by atoms with Crippen LogP contribution in [0.2, 0.25) is 0 Å². The van der Waals surface area contributed by atoms with Gasteiger partial charge in [0.2, 0.25) is 0 Å². The highest BCUT2D eigenvalue weighted by molar-refractivity contribution is 5.96. The van der Waals surface area contributed by atoms with Crippen LogP contribution in [0, 0.1) is 0 Å². The van der Waals surface area contributed by atoms with Crippen molar-refractivity contribution in [1.29, 1.82) is 0 Å². The molecular formula is C10H12N2O. The molecule has 3 N–H and O–H groups in total. The fourth-order valence-electron chi connectivity index (χ4n) is 1.04. The van der Waals surface area contributed by atoms with E-state index in [9.17, 15) is 0 Å². The van der Waals surface area contributed by atoms with E-state index in [1.807, 2.05) is 30.3 Å². The lowest BCUT2D eigenvalue weighted by molar-refractivity contribution is 0.318. The predicted molar refractivity (Wildman–Crippen MR) is 52.9 cm³/mol. The largest absolute Gasteiger partial charge is 0.409 e. The Morgan fingerprint density at radius 3 is 2.54 bits per heavy atom. The Bertz CT molecular complexity index is 314. The maximum atomic E-state index is 8.41. The summed E-state index contributed by atoms with van der Waals surface area (Å²) in [5, 5.41) is 11.3. The third-order valence-corrected chi connectivity index (χ3v) is 1.74. The van der Waals surface area contributed by atoms with Gasteiger partial charge in [0, 0.05) is 5.56 Å². The molecule has 0 heterocycles. The lowest BCUT2D eigenvalue weighted by Crippen LogP contribution is -2.12. The molecule has 0 atom stereocenters. The summed E-state index contributed by atoms with van der Waals surface area (Å²) in [6, 6.07) is 7.48. The molecule has 0 aliphatic carbocycles. The van der Waals surface area contributed by atoms with E-state index in [2.05, 4.69) is 11.7 Å². The van der Waals surface area contributed by atoms with Crippen molar-refractivity contribution in [2.24, 2.45) is 10.9 Å². The second kappa shape index (κ2) is 4.30. The molecule has 0 bridgehead atoms. The van der Waals surface area contributed by atoms with E-state index in [1.54, 1.807) is 0 Å². The average Bonchev–Trinajstić information content (AvgIpc) is 2.18. The molecule has 0 amide bonds. The first kappa shape index (κ1) is 9.32. The van der Waals surface area contributed by atoms with E-state index < -0.39 is 0 Å². The van der Waals surface area contributed by atoms with Crippen molar-refractivity contribution in [3.8, 4) is 0 Å². The number of amidine groups is 1. The first-order valence-electron chi connectivity index (χ1n) is 3.95. The van der Waals surface area contributed by atoms with E-state index in [-0.39, 0.29) is 5.84 Å². The van der Waals surface area contributed by atoms with Crippen molar-refractivity contribution in [3.63, 3.8) is 0 Å². The molecule has 1 aromatic carbocycles. The number of rotatable bonds is 3. The topological polar surface area (TPSA) is 58.6 Å². The molecule has 1 rings (SSSR count). The zero-order chi connectivity index (χ0) is 9.68. The van der Waals surface area contributed by atoms with Gasteiger partial charge < -0.3 is 10.9 Å². The minimum absolute atomic E-state index is 0.130. The van der Waals surface area contributed by atoms with Gasteiger partial charge in [0.05, 0.1) is 0 Å². The zero-order valence-corrected chi connectivity index (χ0v) is 7.27. The van der Waals surface area contributed by atoms with Crippen LogP contribution in [0.5, 0.6) is 0 Å². The van der Waals surface area contributed by atoms with Crippen LogP contribution in [0.15, 0.2) is 42.1 Å². The molecule has 0 aromatic heterocycles. The van der Waals surface area contributed by atoms with Crippen molar-refractivity contribution >= 4 is 5.84 Å². The maximum absolute atomic E-state index is 8.41. The van der Waals surface area contributed by atoms with E-state index >= 15 is 0 Å². The smallest absolute Gasteiger partial charge is 0.170 e. The van der Waals surface area contributed by atoms with Crippen LogP contribution in [0.1, 0.15) is 11.1 Å². The fraction of sp³-hybridized carbons (Fsp3) is 0.100. The van der Waals surface area contributed by atoms with Crippen LogP contribution in [-0.4, -0.2) is 11.0 Å². The van der Waals surface area contributed by atoms with Gasteiger partial charge in [0.15, 0.2) is 5.84 Å². The third kappa shape index (κ3) is 2.33. The molecule has 0 spiro atoms. The molecular weight excluding hydrogens is 164 g/mol. The van der Waals surface area contributed by atoms with Gasteiger partial charge in [-0.25, -0.2) is 0 Å². The number of hydrogen-bond donors (Lipinski definition) is 2. The number of benzene rings is 1. The van der Waals surface area contributed by atoms with Crippen molar-refractivity contribution in [2.75, 3.05) is 0 Å². The summed E-state index contributed by atoms with van der Waals surface area (Å²) in [5.41, 5.74) is 7.27. The zero-order valence-electron chi connectivity index (χ0n) is 7.27. The van der Waals surface area contributed by atoms with Gasteiger partial charge in [0.1, 0.15) is 0 Å². The Morgan fingerprint density at radius 1 is 1.46 bits per heavy atom. The van der Waals surface area contributed by atoms with Crippen LogP contribution >= 0.6 is 0 Å². The summed E-state index contributed by atoms with van der Waals surface area (Å²) < 4.78 is 0. The number of allylic oxidation sites excluding steroid dienone is 1. The Kier molecular flexibility index (Phi) is 3.09. The molecule has 3 heteroatoms. The summed E-state index contributed by atoms with van der Waals surface area (Å²) in [4.78, 5) is 0. The third-order valence-electron chi connectivity index (χ3n) is 1.74. The van der Waals surface area contributed by atoms with Gasteiger partial charge in [0.25, 0.3) is 0 Å². The first-order chi connectivity index (χ1) is 6.27. The van der Waals surface area contributed by atoms with Crippen molar-refractivity contribution in [3.05, 3.63) is 48.0 Å². The number of oxime groups is 1. The minimum atomic E-state index is 0.130. The van der Waals surface area contributed by atoms with Crippen LogP contribution in [0.4, 0.5) is 0 Å². The highest BCUT2D eigenvalue weighted by Crippen LogP contribution is 2.04. The van der Waals surface area contributed by atoms with Gasteiger partial charge >= 0.3 is 0 Å². The number of nitrogens with zero attached hydrogens (tertiary/aromatic N) is 1. The minimum Gasteiger partial charge on any atom is -0.409 e. The van der Waals surface area contributed by atoms with Gasteiger partial charge in [-0.1, -0.05) is 35.5 Å². The SMILES string of the molecule is C=CCc1ccc(C(N)=NO)cc1. The molecule has 1 aromatic rings. The first-order valence-corrected chi connectivity index (χ1v) is 3.95. The molecule has 0 radical (unpaired) electrons. The predicted octanol–water partition coefficient (Wildman–Crippen LogP) is 1.51. The summed E-state index contributed by atoms with van der Waals surface area (Å²) in [7, 11) is 0. The second-order valence-electron chi connectivity index (χ2n) is 2.67. The van der Waals surface area contributed by atoms with Gasteiger partial charge in [-0.15, -0.1) is 6.58 Å². The van der Waals surface area contributed by atoms with Crippen LogP contribution in [0.25, 0.3) is 0 Å². The lowest BCUT2D eigenvalue weighted by atomic mass is 10.1. The molecule has 0 unspecified atom stereocenters. The highest BCUT2D eigenvalue weighted by atomic mass is 16.4. The van der Waals surface area contributed by atoms with E-state index in [0.29, 0.717) is 0 Å². The van der Waals surface area contributed by atoms with Crippen LogP contribution in [0.3, 0.4) is 0 Å². The summed E-state index contributed by atoms with van der Waals surface area (Å²) in [6.45, 7) is 3.64. The van der Waals surface area contributed by atoms with E-state index in [0.717, 1.165) is 17.5 Å². The van der Waals surface area contributed by atoms with Crippen molar-refractivity contribution < 1.29 is 5.21 Å². The van der Waals surface area contributed by atoms with E-state index in [4.69, 9.17) is 10.9 Å². The summed E-state index contributed by atoms with van der Waals surface area (Å²) in [6.07, 6.45) is 2.66. The Labute approximate surface area is 77.2 Å². The molecule has 0 fully saturated rings. The van der Waals surface area contributed by atoms with Crippen LogP contribution in [-0.2, 0) is 6.42 Å². The fourth-order valence-corrected chi connectivity index (χ4v) is 1.04.